The molecule has 41 heavy (non-hydrogen) atoms. The molecule has 0 radical (unpaired) electrons. The lowest BCUT2D eigenvalue weighted by Crippen LogP contribution is -2.46. The quantitative estimate of drug-likeness (QED) is 0.324. The zero-order valence-electron chi connectivity index (χ0n) is 22.1. The highest BCUT2D eigenvalue weighted by Crippen LogP contribution is 2.25. The molecular formula is C28H27FN8O4. The number of halogens is 1. The molecule has 1 atom stereocenters. The molecule has 0 amide bonds. The molecule has 2 fully saturated rings. The van der Waals surface area contributed by atoms with E-state index in [1.54, 1.807) is 22.7 Å². The summed E-state index contributed by atoms with van der Waals surface area (Å²) in [7, 11) is 0. The van der Waals surface area contributed by atoms with Gasteiger partial charge in [-0.3, -0.25) is 4.90 Å². The number of aromatic carboxylic acids is 1. The highest BCUT2D eigenvalue weighted by Gasteiger charge is 2.27. The predicted molar refractivity (Wildman–Crippen MR) is 143 cm³/mol. The first-order chi connectivity index (χ1) is 20.0. The van der Waals surface area contributed by atoms with E-state index in [0.29, 0.717) is 30.1 Å². The lowest BCUT2D eigenvalue weighted by Gasteiger charge is -2.35. The monoisotopic (exact) mass is 558 g/mol. The number of carboxylic acid groups (broad SMARTS) is 1. The number of anilines is 1. The molecule has 12 nitrogen and oxygen atoms in total. The molecular weight excluding hydrogens is 531 g/mol. The number of aromatic nitrogens is 5. The Kier molecular flexibility index (Phi) is 7.41. The molecule has 0 saturated carbocycles. The molecule has 4 aromatic rings. The topological polar surface area (TPSA) is 142 Å². The van der Waals surface area contributed by atoms with Gasteiger partial charge >= 0.3 is 5.97 Å². The van der Waals surface area contributed by atoms with Crippen LogP contribution in [-0.4, -0.2) is 79.4 Å². The van der Waals surface area contributed by atoms with E-state index in [2.05, 4.69) is 29.9 Å². The van der Waals surface area contributed by atoms with Gasteiger partial charge in [0, 0.05) is 62.9 Å². The Balaban J connectivity index is 1.10. The van der Waals surface area contributed by atoms with Crippen LogP contribution in [0.25, 0.3) is 5.65 Å². The molecule has 1 N–H and O–H groups in total. The standard InChI is InChI=1S/C28H27FN8O4/c29-22-12-18(14-30)4-5-19(22)16-41-25-3-1-2-24(32-25)36-9-7-35(8-10-36)15-23-21(13-20-6-11-40-20)27-33-26(28(38)39)31-17-37(27)34-23/h1-5,12,17,20H,6-11,13,15-16H2,(H,38,39). The van der Waals surface area contributed by atoms with E-state index in [0.717, 1.165) is 56.3 Å². The Morgan fingerprint density at radius 3 is 2.73 bits per heavy atom. The summed E-state index contributed by atoms with van der Waals surface area (Å²) in [6.07, 6.45) is 3.05. The average molecular weight is 559 g/mol. The van der Waals surface area contributed by atoms with Crippen LogP contribution >= 0.6 is 0 Å². The van der Waals surface area contributed by atoms with E-state index in [-0.39, 0.29) is 24.1 Å². The molecule has 3 aromatic heterocycles. The number of rotatable bonds is 9. The van der Waals surface area contributed by atoms with Gasteiger partial charge in [-0.15, -0.1) is 0 Å². The minimum Gasteiger partial charge on any atom is -0.475 e. The summed E-state index contributed by atoms with van der Waals surface area (Å²) in [4.78, 5) is 28.7. The molecule has 0 spiro atoms. The van der Waals surface area contributed by atoms with E-state index in [1.165, 1.54) is 12.4 Å². The Hall–Kier alpha value is -4.67. The Morgan fingerprint density at radius 1 is 1.20 bits per heavy atom. The van der Waals surface area contributed by atoms with Crippen LogP contribution in [0.3, 0.4) is 0 Å². The summed E-state index contributed by atoms with van der Waals surface area (Å²) in [6.45, 7) is 4.33. The van der Waals surface area contributed by atoms with Crippen molar-refractivity contribution in [2.24, 2.45) is 0 Å². The van der Waals surface area contributed by atoms with Gasteiger partial charge < -0.3 is 19.5 Å². The van der Waals surface area contributed by atoms with Gasteiger partial charge in [0.15, 0.2) is 5.65 Å². The van der Waals surface area contributed by atoms with Crippen molar-refractivity contribution in [3.05, 3.63) is 76.8 Å². The first-order valence-corrected chi connectivity index (χ1v) is 13.3. The maximum absolute atomic E-state index is 14.2. The molecule has 2 aliphatic heterocycles. The van der Waals surface area contributed by atoms with Crippen LogP contribution in [-0.2, 0) is 24.3 Å². The van der Waals surface area contributed by atoms with Crippen LogP contribution in [0.4, 0.5) is 10.2 Å². The van der Waals surface area contributed by atoms with Crippen LogP contribution in [0.2, 0.25) is 0 Å². The van der Waals surface area contributed by atoms with Gasteiger partial charge in [-0.05, 0) is 24.6 Å². The fraction of sp³-hybridized carbons (Fsp3) is 0.357. The van der Waals surface area contributed by atoms with Gasteiger partial charge in [0.25, 0.3) is 0 Å². The minimum absolute atomic E-state index is 0.00729. The second-order valence-electron chi connectivity index (χ2n) is 9.97. The Labute approximate surface area is 234 Å². The van der Waals surface area contributed by atoms with Gasteiger partial charge in [-0.2, -0.15) is 15.3 Å². The number of nitrogens with zero attached hydrogens (tertiary/aromatic N) is 8. The number of fused-ring (bicyclic) bond motifs is 1. The molecule has 2 saturated heterocycles. The van der Waals surface area contributed by atoms with Crippen molar-refractivity contribution in [2.45, 2.75) is 32.1 Å². The fourth-order valence-corrected chi connectivity index (χ4v) is 4.95. The van der Waals surface area contributed by atoms with E-state index in [4.69, 9.17) is 14.7 Å². The van der Waals surface area contributed by atoms with Crippen molar-refractivity contribution in [2.75, 3.05) is 37.7 Å². The molecule has 13 heteroatoms. The van der Waals surface area contributed by atoms with Crippen molar-refractivity contribution in [3.63, 3.8) is 0 Å². The van der Waals surface area contributed by atoms with Gasteiger partial charge in [0.05, 0.1) is 23.4 Å². The molecule has 1 aromatic carbocycles. The number of carboxylic acids is 1. The number of benzene rings is 1. The van der Waals surface area contributed by atoms with Gasteiger partial charge in [0.1, 0.15) is 24.6 Å². The number of nitriles is 1. The number of carbonyl (C=O) groups is 1. The number of pyridine rings is 1. The van der Waals surface area contributed by atoms with E-state index in [9.17, 15) is 14.3 Å². The first-order valence-electron chi connectivity index (χ1n) is 13.3. The molecule has 2 aliphatic rings. The third-order valence-corrected chi connectivity index (χ3v) is 7.32. The summed E-state index contributed by atoms with van der Waals surface area (Å²) < 4.78 is 27.2. The SMILES string of the molecule is N#Cc1ccc(COc2cccc(N3CCN(Cc4nn5cnc(C(=O)O)nc5c4CC4CCO4)CC3)n2)c(F)c1. The normalized spacial score (nSPS) is 17.3. The fourth-order valence-electron chi connectivity index (χ4n) is 4.95. The second-order valence-corrected chi connectivity index (χ2v) is 9.97. The zero-order valence-corrected chi connectivity index (χ0v) is 22.1. The predicted octanol–water partition coefficient (Wildman–Crippen LogP) is 2.46. The van der Waals surface area contributed by atoms with Crippen LogP contribution in [0.5, 0.6) is 5.88 Å². The maximum atomic E-state index is 14.2. The number of hydrogen-bond donors (Lipinski definition) is 1. The third kappa shape index (κ3) is 5.79. The zero-order chi connectivity index (χ0) is 28.3. The lowest BCUT2D eigenvalue weighted by atomic mass is 10.0. The Bertz CT molecular complexity index is 1630. The third-order valence-electron chi connectivity index (χ3n) is 7.32. The van der Waals surface area contributed by atoms with E-state index >= 15 is 0 Å². The first kappa shape index (κ1) is 26.5. The molecule has 0 bridgehead atoms. The number of piperazine rings is 1. The van der Waals surface area contributed by atoms with E-state index < -0.39 is 11.8 Å². The van der Waals surface area contributed by atoms with E-state index in [1.807, 2.05) is 18.2 Å². The summed E-state index contributed by atoms with van der Waals surface area (Å²) in [5, 5.41) is 23.0. The van der Waals surface area contributed by atoms with Crippen molar-refractivity contribution in [3.8, 4) is 11.9 Å². The second kappa shape index (κ2) is 11.4. The largest absolute Gasteiger partial charge is 0.475 e. The smallest absolute Gasteiger partial charge is 0.374 e. The summed E-state index contributed by atoms with van der Waals surface area (Å²) in [5.41, 5.74) is 2.85. The van der Waals surface area contributed by atoms with Gasteiger partial charge in [-0.25, -0.2) is 23.7 Å². The minimum atomic E-state index is -1.18. The Morgan fingerprint density at radius 2 is 2.02 bits per heavy atom. The molecule has 1 unspecified atom stereocenters. The summed E-state index contributed by atoms with van der Waals surface area (Å²) >= 11 is 0. The maximum Gasteiger partial charge on any atom is 0.374 e. The van der Waals surface area contributed by atoms with Crippen LogP contribution in [0, 0.1) is 17.1 Å². The van der Waals surface area contributed by atoms with Crippen molar-refractivity contribution in [1.82, 2.24) is 29.5 Å². The van der Waals surface area contributed by atoms with Crippen molar-refractivity contribution < 1.29 is 23.8 Å². The highest BCUT2D eigenvalue weighted by atomic mass is 19.1. The van der Waals surface area contributed by atoms with Crippen LogP contribution in [0.15, 0.2) is 42.7 Å². The van der Waals surface area contributed by atoms with Gasteiger partial charge in [-0.1, -0.05) is 12.1 Å². The van der Waals surface area contributed by atoms with Crippen molar-refractivity contribution >= 4 is 17.4 Å². The van der Waals surface area contributed by atoms with Crippen LogP contribution < -0.4 is 9.64 Å². The summed E-state index contributed by atoms with van der Waals surface area (Å²) in [5.74, 6) is -0.756. The number of ether oxygens (including phenoxy) is 2. The van der Waals surface area contributed by atoms with Crippen LogP contribution in [0.1, 0.15) is 39.4 Å². The van der Waals surface area contributed by atoms with Gasteiger partial charge in [0.2, 0.25) is 11.7 Å². The molecule has 210 valence electrons. The molecule has 5 heterocycles. The molecule has 6 rings (SSSR count). The molecule has 0 aliphatic carbocycles. The van der Waals surface area contributed by atoms with Crippen molar-refractivity contribution in [1.29, 1.82) is 5.26 Å². The highest BCUT2D eigenvalue weighted by molar-refractivity contribution is 5.83. The average Bonchev–Trinajstić information content (AvgIpc) is 3.30. The number of hydrogen-bond acceptors (Lipinski definition) is 10. The lowest BCUT2D eigenvalue weighted by molar-refractivity contribution is -0.0491. The summed E-state index contributed by atoms with van der Waals surface area (Å²) in [6, 6.07) is 11.7.